The number of para-hydroxylation sites is 1. The Kier molecular flexibility index (Phi) is 3.12. The summed E-state index contributed by atoms with van der Waals surface area (Å²) < 4.78 is 5.54. The third-order valence-corrected chi connectivity index (χ3v) is 1.83. The smallest absolute Gasteiger partial charge is 0.252 e. The molecule has 0 aromatic heterocycles. The number of hydrogen-bond acceptors (Lipinski definition) is 2. The van der Waals surface area contributed by atoms with Crippen LogP contribution in [0.3, 0.4) is 0 Å². The van der Waals surface area contributed by atoms with Gasteiger partial charge in [0.1, 0.15) is 5.75 Å². The number of benzene rings is 1. The van der Waals surface area contributed by atoms with Crippen molar-refractivity contribution in [1.82, 2.24) is 0 Å². The van der Waals surface area contributed by atoms with Crippen molar-refractivity contribution in [1.29, 1.82) is 0 Å². The zero-order chi connectivity index (χ0) is 10.7. The van der Waals surface area contributed by atoms with Gasteiger partial charge in [-0.3, -0.25) is 4.79 Å². The van der Waals surface area contributed by atoms with Crippen LogP contribution in [0.4, 0.5) is 0 Å². The van der Waals surface area contributed by atoms with Crippen molar-refractivity contribution in [3.63, 3.8) is 0 Å². The molecular weight excluding hydrogens is 178 g/mol. The fourth-order valence-electron chi connectivity index (χ4n) is 1.24. The monoisotopic (exact) mass is 193 g/mol. The Hall–Kier alpha value is -1.51. The molecule has 76 valence electrons. The maximum Gasteiger partial charge on any atom is 0.252 e. The molecule has 0 fully saturated rings. The van der Waals surface area contributed by atoms with Gasteiger partial charge in [0.15, 0.2) is 0 Å². The lowest BCUT2D eigenvalue weighted by atomic mass is 10.1. The van der Waals surface area contributed by atoms with E-state index in [1.165, 1.54) is 0 Å². The molecule has 14 heavy (non-hydrogen) atoms. The summed E-state index contributed by atoms with van der Waals surface area (Å²) in [4.78, 5) is 11.1. The van der Waals surface area contributed by atoms with Gasteiger partial charge in [-0.25, -0.2) is 0 Å². The number of primary amides is 1. The number of nitrogens with two attached hydrogens (primary N) is 1. The van der Waals surface area contributed by atoms with Gasteiger partial charge >= 0.3 is 0 Å². The number of carbonyl (C=O) groups excluding carboxylic acids is 1. The van der Waals surface area contributed by atoms with E-state index in [-0.39, 0.29) is 6.10 Å². The van der Waals surface area contributed by atoms with E-state index in [1.54, 1.807) is 12.1 Å². The fraction of sp³-hybridized carbons (Fsp3) is 0.364. The molecule has 0 aliphatic rings. The van der Waals surface area contributed by atoms with E-state index in [9.17, 15) is 4.79 Å². The van der Waals surface area contributed by atoms with Gasteiger partial charge in [0, 0.05) is 0 Å². The van der Waals surface area contributed by atoms with Crippen LogP contribution in [0.2, 0.25) is 0 Å². The largest absolute Gasteiger partial charge is 0.490 e. The lowest BCUT2D eigenvalue weighted by molar-refractivity contribution is 0.0994. The van der Waals surface area contributed by atoms with Crippen molar-refractivity contribution in [2.75, 3.05) is 0 Å². The van der Waals surface area contributed by atoms with Gasteiger partial charge in [0.25, 0.3) is 5.91 Å². The average molecular weight is 193 g/mol. The maximum absolute atomic E-state index is 11.1. The predicted octanol–water partition coefficient (Wildman–Crippen LogP) is 1.88. The number of ether oxygens (including phenoxy) is 1. The number of aryl methyl sites for hydroxylation is 1. The summed E-state index contributed by atoms with van der Waals surface area (Å²) in [6.07, 6.45) is 0.0363. The molecule has 1 aromatic rings. The summed E-state index contributed by atoms with van der Waals surface area (Å²) in [5.74, 6) is 0.138. The van der Waals surface area contributed by atoms with E-state index >= 15 is 0 Å². The third kappa shape index (κ3) is 2.25. The zero-order valence-electron chi connectivity index (χ0n) is 8.70. The fourth-order valence-corrected chi connectivity index (χ4v) is 1.24. The van der Waals surface area contributed by atoms with E-state index in [1.807, 2.05) is 26.8 Å². The Bertz CT molecular complexity index is 345. The number of carbonyl (C=O) groups is 1. The van der Waals surface area contributed by atoms with Gasteiger partial charge in [-0.2, -0.15) is 0 Å². The van der Waals surface area contributed by atoms with E-state index < -0.39 is 5.91 Å². The van der Waals surface area contributed by atoms with Crippen LogP contribution >= 0.6 is 0 Å². The van der Waals surface area contributed by atoms with E-state index in [2.05, 4.69) is 0 Å². The second kappa shape index (κ2) is 4.13. The lowest BCUT2D eigenvalue weighted by Crippen LogP contribution is -2.16. The van der Waals surface area contributed by atoms with Crippen LogP contribution in [0.1, 0.15) is 29.8 Å². The van der Waals surface area contributed by atoms with Crippen LogP contribution in [0.25, 0.3) is 0 Å². The summed E-state index contributed by atoms with van der Waals surface area (Å²) in [5.41, 5.74) is 6.61. The summed E-state index contributed by atoms with van der Waals surface area (Å²) in [7, 11) is 0. The molecule has 0 atom stereocenters. The van der Waals surface area contributed by atoms with Crippen LogP contribution in [0.15, 0.2) is 18.2 Å². The standard InChI is InChI=1S/C11H15NO2/c1-7(2)14-10-8(3)5-4-6-9(10)11(12)13/h4-7H,1-3H3,(H2,12,13). The first-order chi connectivity index (χ1) is 6.52. The van der Waals surface area contributed by atoms with E-state index in [0.29, 0.717) is 11.3 Å². The second-order valence-electron chi connectivity index (χ2n) is 3.48. The maximum atomic E-state index is 11.1. The Morgan fingerprint density at radius 2 is 2.07 bits per heavy atom. The van der Waals surface area contributed by atoms with Crippen molar-refractivity contribution < 1.29 is 9.53 Å². The molecule has 0 radical (unpaired) electrons. The van der Waals surface area contributed by atoms with Crippen molar-refractivity contribution in [3.05, 3.63) is 29.3 Å². The Morgan fingerprint density at radius 1 is 1.43 bits per heavy atom. The predicted molar refractivity (Wildman–Crippen MR) is 55.5 cm³/mol. The minimum Gasteiger partial charge on any atom is -0.490 e. The first-order valence-electron chi connectivity index (χ1n) is 4.58. The van der Waals surface area contributed by atoms with Gasteiger partial charge < -0.3 is 10.5 Å². The van der Waals surface area contributed by atoms with Gasteiger partial charge in [-0.15, -0.1) is 0 Å². The Balaban J connectivity index is 3.15. The topological polar surface area (TPSA) is 52.3 Å². The van der Waals surface area contributed by atoms with Crippen molar-refractivity contribution in [2.45, 2.75) is 26.9 Å². The van der Waals surface area contributed by atoms with Crippen LogP contribution in [-0.4, -0.2) is 12.0 Å². The van der Waals surface area contributed by atoms with Gasteiger partial charge in [0.2, 0.25) is 0 Å². The zero-order valence-corrected chi connectivity index (χ0v) is 8.70. The number of rotatable bonds is 3. The molecule has 0 unspecified atom stereocenters. The average Bonchev–Trinajstić information content (AvgIpc) is 2.07. The van der Waals surface area contributed by atoms with E-state index in [4.69, 9.17) is 10.5 Å². The van der Waals surface area contributed by atoms with Gasteiger partial charge in [-0.1, -0.05) is 12.1 Å². The minimum absolute atomic E-state index is 0.0363. The first kappa shape index (κ1) is 10.6. The third-order valence-electron chi connectivity index (χ3n) is 1.83. The molecule has 0 spiro atoms. The van der Waals surface area contributed by atoms with Crippen molar-refractivity contribution in [2.24, 2.45) is 5.73 Å². The number of hydrogen-bond donors (Lipinski definition) is 1. The molecule has 3 heteroatoms. The molecule has 0 saturated heterocycles. The van der Waals surface area contributed by atoms with Crippen LogP contribution in [0.5, 0.6) is 5.75 Å². The molecule has 1 rings (SSSR count). The molecule has 1 aromatic carbocycles. The molecular formula is C11H15NO2. The molecule has 0 saturated carbocycles. The van der Waals surface area contributed by atoms with Crippen molar-refractivity contribution >= 4 is 5.91 Å². The van der Waals surface area contributed by atoms with E-state index in [0.717, 1.165) is 5.56 Å². The molecule has 3 nitrogen and oxygen atoms in total. The molecule has 1 amide bonds. The highest BCUT2D eigenvalue weighted by molar-refractivity contribution is 5.96. The normalized spacial score (nSPS) is 10.3. The van der Waals surface area contributed by atoms with Crippen LogP contribution in [-0.2, 0) is 0 Å². The molecule has 0 aliphatic carbocycles. The SMILES string of the molecule is Cc1cccc(C(N)=O)c1OC(C)C. The highest BCUT2D eigenvalue weighted by Crippen LogP contribution is 2.23. The first-order valence-corrected chi connectivity index (χ1v) is 4.58. The van der Waals surface area contributed by atoms with Crippen LogP contribution < -0.4 is 10.5 Å². The highest BCUT2D eigenvalue weighted by Gasteiger charge is 2.12. The van der Waals surface area contributed by atoms with Crippen molar-refractivity contribution in [3.8, 4) is 5.75 Å². The summed E-state index contributed by atoms with van der Waals surface area (Å²) in [5, 5.41) is 0. The molecule has 2 N–H and O–H groups in total. The minimum atomic E-state index is -0.454. The second-order valence-corrected chi connectivity index (χ2v) is 3.48. The van der Waals surface area contributed by atoms with Gasteiger partial charge in [-0.05, 0) is 32.4 Å². The molecule has 0 heterocycles. The Morgan fingerprint density at radius 3 is 2.57 bits per heavy atom. The number of amides is 1. The molecule has 0 bridgehead atoms. The molecule has 0 aliphatic heterocycles. The quantitative estimate of drug-likeness (QED) is 0.796. The summed E-state index contributed by atoms with van der Waals surface area (Å²) >= 11 is 0. The summed E-state index contributed by atoms with van der Waals surface area (Å²) in [6.45, 7) is 5.72. The lowest BCUT2D eigenvalue weighted by Gasteiger charge is -2.14. The van der Waals surface area contributed by atoms with Crippen LogP contribution in [0, 0.1) is 6.92 Å². The Labute approximate surface area is 83.9 Å². The summed E-state index contributed by atoms with van der Waals surface area (Å²) in [6, 6.07) is 5.36. The van der Waals surface area contributed by atoms with Gasteiger partial charge in [0.05, 0.1) is 11.7 Å². The highest BCUT2D eigenvalue weighted by atomic mass is 16.5.